The lowest BCUT2D eigenvalue weighted by Crippen LogP contribution is -2.35. The summed E-state index contributed by atoms with van der Waals surface area (Å²) >= 11 is 0. The van der Waals surface area contributed by atoms with Crippen LogP contribution in [-0.4, -0.2) is 15.4 Å². The van der Waals surface area contributed by atoms with Crippen LogP contribution in [0.2, 0.25) is 0 Å². The van der Waals surface area contributed by atoms with E-state index in [4.69, 9.17) is 4.74 Å². The topological polar surface area (TPSA) is 60.7 Å². The van der Waals surface area contributed by atoms with Crippen molar-refractivity contribution < 1.29 is 13.9 Å². The van der Waals surface area contributed by atoms with E-state index in [9.17, 15) is 14.0 Å². The first-order chi connectivity index (χ1) is 13.5. The zero-order chi connectivity index (χ0) is 19.7. The lowest BCUT2D eigenvalue weighted by molar-refractivity contribution is -0.152. The van der Waals surface area contributed by atoms with Crippen molar-refractivity contribution in [3.8, 4) is 0 Å². The summed E-state index contributed by atoms with van der Waals surface area (Å²) < 4.78 is 21.5. The van der Waals surface area contributed by atoms with E-state index in [0.717, 1.165) is 18.5 Å². The van der Waals surface area contributed by atoms with Gasteiger partial charge in [0.15, 0.2) is 0 Å². The average Bonchev–Trinajstić information content (AvgIpc) is 3.17. The molecule has 0 bridgehead atoms. The van der Waals surface area contributed by atoms with Gasteiger partial charge in [-0.2, -0.15) is 0 Å². The van der Waals surface area contributed by atoms with E-state index < -0.39 is 11.4 Å². The SMILES string of the molecule is Cc1cccc2nc(COC(=O)C3(c4ccccc4F)CCCC3)cc(=O)n12. The molecular weight excluding hydrogens is 359 g/mol. The Hall–Kier alpha value is -3.02. The van der Waals surface area contributed by atoms with Crippen molar-refractivity contribution in [3.05, 3.63) is 81.7 Å². The Morgan fingerprint density at radius 3 is 2.68 bits per heavy atom. The maximum Gasteiger partial charge on any atom is 0.317 e. The van der Waals surface area contributed by atoms with E-state index in [1.807, 2.05) is 19.1 Å². The molecule has 1 fully saturated rings. The van der Waals surface area contributed by atoms with Gasteiger partial charge in [-0.25, -0.2) is 9.37 Å². The number of hydrogen-bond donors (Lipinski definition) is 0. The fraction of sp³-hybridized carbons (Fsp3) is 0.318. The molecular formula is C22H21FN2O3. The van der Waals surface area contributed by atoms with E-state index in [1.165, 1.54) is 16.5 Å². The fourth-order valence-electron chi connectivity index (χ4n) is 4.13. The number of aromatic nitrogens is 2. The van der Waals surface area contributed by atoms with Crippen LogP contribution in [-0.2, 0) is 21.6 Å². The first kappa shape index (κ1) is 18.3. The molecule has 144 valence electrons. The minimum Gasteiger partial charge on any atom is -0.458 e. The third-order valence-electron chi connectivity index (χ3n) is 5.52. The second-order valence-corrected chi connectivity index (χ2v) is 7.29. The number of rotatable bonds is 4. The lowest BCUT2D eigenvalue weighted by atomic mass is 9.78. The number of carbonyl (C=O) groups excluding carboxylic acids is 1. The zero-order valence-electron chi connectivity index (χ0n) is 15.7. The van der Waals surface area contributed by atoms with Crippen LogP contribution in [0.15, 0.2) is 53.3 Å². The molecule has 0 saturated heterocycles. The molecule has 0 amide bonds. The molecule has 1 aliphatic carbocycles. The highest BCUT2D eigenvalue weighted by Gasteiger charge is 2.45. The van der Waals surface area contributed by atoms with Crippen molar-refractivity contribution in [2.45, 2.75) is 44.6 Å². The molecule has 5 nitrogen and oxygen atoms in total. The number of ether oxygens (including phenoxy) is 1. The Labute approximate surface area is 161 Å². The fourth-order valence-corrected chi connectivity index (χ4v) is 4.13. The summed E-state index contributed by atoms with van der Waals surface area (Å²) in [6, 6.07) is 13.1. The van der Waals surface area contributed by atoms with E-state index in [2.05, 4.69) is 4.98 Å². The van der Waals surface area contributed by atoms with Crippen LogP contribution in [0.3, 0.4) is 0 Å². The molecule has 2 heterocycles. The van der Waals surface area contributed by atoms with E-state index in [0.29, 0.717) is 29.7 Å². The molecule has 6 heteroatoms. The van der Waals surface area contributed by atoms with Gasteiger partial charge < -0.3 is 4.74 Å². The van der Waals surface area contributed by atoms with Gasteiger partial charge in [0, 0.05) is 17.3 Å². The molecule has 0 radical (unpaired) electrons. The van der Waals surface area contributed by atoms with Gasteiger partial charge in [0.05, 0.1) is 11.1 Å². The van der Waals surface area contributed by atoms with E-state index in [-0.39, 0.29) is 18.0 Å². The molecule has 28 heavy (non-hydrogen) atoms. The van der Waals surface area contributed by atoms with Crippen molar-refractivity contribution in [2.24, 2.45) is 0 Å². The Kier molecular flexibility index (Phi) is 4.71. The highest BCUT2D eigenvalue weighted by Crippen LogP contribution is 2.43. The zero-order valence-corrected chi connectivity index (χ0v) is 15.7. The van der Waals surface area contributed by atoms with Gasteiger partial charge in [-0.05, 0) is 38.0 Å². The maximum absolute atomic E-state index is 14.4. The number of carbonyl (C=O) groups is 1. The largest absolute Gasteiger partial charge is 0.458 e. The second-order valence-electron chi connectivity index (χ2n) is 7.29. The van der Waals surface area contributed by atoms with Gasteiger partial charge >= 0.3 is 5.97 Å². The van der Waals surface area contributed by atoms with Crippen LogP contribution in [0, 0.1) is 12.7 Å². The third-order valence-corrected chi connectivity index (χ3v) is 5.52. The number of esters is 1. The Balaban J connectivity index is 1.61. The van der Waals surface area contributed by atoms with Crippen molar-refractivity contribution in [1.29, 1.82) is 0 Å². The minimum absolute atomic E-state index is 0.116. The molecule has 1 aromatic carbocycles. The summed E-state index contributed by atoms with van der Waals surface area (Å²) in [5.41, 5.74) is 0.865. The lowest BCUT2D eigenvalue weighted by Gasteiger charge is -2.27. The summed E-state index contributed by atoms with van der Waals surface area (Å²) in [6.07, 6.45) is 2.80. The summed E-state index contributed by atoms with van der Waals surface area (Å²) in [5.74, 6) is -0.847. The highest BCUT2D eigenvalue weighted by atomic mass is 19.1. The van der Waals surface area contributed by atoms with Crippen LogP contribution in [0.1, 0.15) is 42.6 Å². The van der Waals surface area contributed by atoms with Crippen LogP contribution in [0.5, 0.6) is 0 Å². The van der Waals surface area contributed by atoms with Crippen LogP contribution >= 0.6 is 0 Å². The van der Waals surface area contributed by atoms with Gasteiger partial charge in [-0.1, -0.05) is 37.1 Å². The van der Waals surface area contributed by atoms with Crippen LogP contribution < -0.4 is 5.56 Å². The number of fused-ring (bicyclic) bond motifs is 1. The van der Waals surface area contributed by atoms with Gasteiger partial charge in [0.2, 0.25) is 0 Å². The van der Waals surface area contributed by atoms with Gasteiger partial charge in [0.25, 0.3) is 5.56 Å². The van der Waals surface area contributed by atoms with Crippen molar-refractivity contribution in [2.75, 3.05) is 0 Å². The second kappa shape index (κ2) is 7.19. The normalized spacial score (nSPS) is 15.6. The van der Waals surface area contributed by atoms with E-state index in [1.54, 1.807) is 24.3 Å². The molecule has 3 aromatic rings. The highest BCUT2D eigenvalue weighted by molar-refractivity contribution is 5.83. The van der Waals surface area contributed by atoms with Gasteiger partial charge in [-0.15, -0.1) is 0 Å². The summed E-state index contributed by atoms with van der Waals surface area (Å²) in [4.78, 5) is 29.8. The monoisotopic (exact) mass is 380 g/mol. The third kappa shape index (κ3) is 3.09. The van der Waals surface area contributed by atoms with Crippen molar-refractivity contribution >= 4 is 11.6 Å². The summed E-state index contributed by atoms with van der Waals surface area (Å²) in [5, 5.41) is 0. The number of pyridine rings is 1. The molecule has 2 aromatic heterocycles. The Morgan fingerprint density at radius 1 is 1.18 bits per heavy atom. The predicted molar refractivity (Wildman–Crippen MR) is 103 cm³/mol. The number of hydrogen-bond acceptors (Lipinski definition) is 4. The molecule has 4 rings (SSSR count). The number of benzene rings is 1. The average molecular weight is 380 g/mol. The van der Waals surface area contributed by atoms with Crippen molar-refractivity contribution in [3.63, 3.8) is 0 Å². The van der Waals surface area contributed by atoms with Crippen molar-refractivity contribution in [1.82, 2.24) is 9.38 Å². The number of aryl methyl sites for hydroxylation is 1. The first-order valence-corrected chi connectivity index (χ1v) is 9.42. The molecule has 0 aliphatic heterocycles. The minimum atomic E-state index is -0.964. The molecule has 0 N–H and O–H groups in total. The number of nitrogens with zero attached hydrogens (tertiary/aromatic N) is 2. The molecule has 0 spiro atoms. The van der Waals surface area contributed by atoms with Gasteiger partial charge in [-0.3, -0.25) is 14.0 Å². The quantitative estimate of drug-likeness (QED) is 0.648. The first-order valence-electron chi connectivity index (χ1n) is 9.42. The van der Waals surface area contributed by atoms with E-state index >= 15 is 0 Å². The Morgan fingerprint density at radius 2 is 1.93 bits per heavy atom. The number of halogens is 1. The molecule has 0 atom stereocenters. The molecule has 1 aliphatic rings. The van der Waals surface area contributed by atoms with Crippen LogP contribution in [0.25, 0.3) is 5.65 Å². The van der Waals surface area contributed by atoms with Gasteiger partial charge in [0.1, 0.15) is 18.1 Å². The smallest absolute Gasteiger partial charge is 0.317 e. The summed E-state index contributed by atoms with van der Waals surface area (Å²) in [7, 11) is 0. The molecule has 1 saturated carbocycles. The maximum atomic E-state index is 14.4. The summed E-state index contributed by atoms with van der Waals surface area (Å²) in [6.45, 7) is 1.71. The molecule has 0 unspecified atom stereocenters. The Bertz CT molecular complexity index is 1100. The van der Waals surface area contributed by atoms with Crippen LogP contribution in [0.4, 0.5) is 4.39 Å². The predicted octanol–water partition coefficient (Wildman–Crippen LogP) is 3.70. The standard InChI is InChI=1S/C22H21FN2O3/c1-15-7-6-10-19-24-16(13-20(26)25(15)19)14-28-21(27)22(11-4-5-12-22)17-8-2-3-9-18(17)23/h2-3,6-10,13H,4-5,11-12,14H2,1H3.